The molecule has 0 spiro atoms. The maximum atomic E-state index is 13.0. The second kappa shape index (κ2) is 7.78. The molecule has 4 heteroatoms. The van der Waals surface area contributed by atoms with Gasteiger partial charge in [0.15, 0.2) is 0 Å². The molecule has 1 heterocycles. The molecular weight excluding hydrogens is 336 g/mol. The molecule has 0 bridgehead atoms. The Morgan fingerprint density at radius 3 is 2.67 bits per heavy atom. The molecule has 0 saturated heterocycles. The molecule has 1 aromatic heterocycles. The van der Waals surface area contributed by atoms with Crippen molar-refractivity contribution >= 4 is 16.8 Å². The van der Waals surface area contributed by atoms with Gasteiger partial charge in [0.1, 0.15) is 0 Å². The van der Waals surface area contributed by atoms with Crippen molar-refractivity contribution in [2.24, 2.45) is 0 Å². The summed E-state index contributed by atoms with van der Waals surface area (Å²) in [7, 11) is 1.77. The quantitative estimate of drug-likeness (QED) is 0.704. The zero-order chi connectivity index (χ0) is 19.6. The van der Waals surface area contributed by atoms with E-state index in [1.165, 1.54) is 0 Å². The van der Waals surface area contributed by atoms with Crippen molar-refractivity contribution in [2.45, 2.75) is 39.2 Å². The summed E-state index contributed by atoms with van der Waals surface area (Å²) in [4.78, 5) is 27.1. The van der Waals surface area contributed by atoms with Gasteiger partial charge in [-0.25, -0.2) is 0 Å². The molecule has 1 saturated carbocycles. The Kier molecular flexibility index (Phi) is 5.45. The molecule has 1 fully saturated rings. The third kappa shape index (κ3) is 3.65. The second-order valence-electron chi connectivity index (χ2n) is 6.86. The fourth-order valence-electron chi connectivity index (χ4n) is 3.48. The maximum Gasteiger partial charge on any atom is 0.258 e. The third-order valence-electron chi connectivity index (χ3n) is 5.11. The molecule has 1 aromatic carbocycles. The van der Waals surface area contributed by atoms with E-state index in [9.17, 15) is 9.59 Å². The summed E-state index contributed by atoms with van der Waals surface area (Å²) in [6.45, 7) is 8.16. The van der Waals surface area contributed by atoms with E-state index >= 15 is 0 Å². The van der Waals surface area contributed by atoms with Crippen molar-refractivity contribution in [3.05, 3.63) is 82.3 Å². The minimum absolute atomic E-state index is 0.0360. The summed E-state index contributed by atoms with van der Waals surface area (Å²) in [5.74, 6) is 0.367. The predicted octanol–water partition coefficient (Wildman–Crippen LogP) is 4.62. The van der Waals surface area contributed by atoms with Gasteiger partial charge < -0.3 is 9.47 Å². The van der Waals surface area contributed by atoms with E-state index in [1.54, 1.807) is 28.7 Å². The fourth-order valence-corrected chi connectivity index (χ4v) is 3.48. The standard InChI is InChI=1S/C23H26N2O2/c1-5-8-9-18(6-2)24(4)23(27)17-12-13-21-20(14-17)19(16-10-11-16)15-22(26)25(21)7-3/h5-6,8-9,12-16H,1,7,10-11H2,2-4H3/b9-8-,18-6+. The van der Waals surface area contributed by atoms with Crippen LogP contribution in [0, 0.1) is 0 Å². The van der Waals surface area contributed by atoms with Crippen molar-refractivity contribution in [1.82, 2.24) is 9.47 Å². The van der Waals surface area contributed by atoms with E-state index in [4.69, 9.17) is 0 Å². The number of nitrogens with zero attached hydrogens (tertiary/aromatic N) is 2. The third-order valence-corrected chi connectivity index (χ3v) is 5.11. The minimum Gasteiger partial charge on any atom is -0.312 e. The molecule has 2 aromatic rings. The highest BCUT2D eigenvalue weighted by Crippen LogP contribution is 2.42. The smallest absolute Gasteiger partial charge is 0.258 e. The molecular formula is C23H26N2O2. The summed E-state index contributed by atoms with van der Waals surface area (Å²) in [5.41, 5.74) is 3.45. The summed E-state index contributed by atoms with van der Waals surface area (Å²) < 4.78 is 1.77. The van der Waals surface area contributed by atoms with Gasteiger partial charge in [-0.05, 0) is 62.4 Å². The van der Waals surface area contributed by atoms with Gasteiger partial charge in [0.2, 0.25) is 0 Å². The number of carbonyl (C=O) groups excluding carboxylic acids is 1. The number of amides is 1. The summed E-state index contributed by atoms with van der Waals surface area (Å²) in [6.07, 6.45) is 9.46. The Bertz CT molecular complexity index is 1010. The molecule has 3 rings (SSSR count). The number of allylic oxidation sites excluding steroid dienone is 4. The van der Waals surface area contributed by atoms with Gasteiger partial charge in [-0.1, -0.05) is 24.8 Å². The van der Waals surface area contributed by atoms with Crippen molar-refractivity contribution in [1.29, 1.82) is 0 Å². The highest BCUT2D eigenvalue weighted by atomic mass is 16.2. The van der Waals surface area contributed by atoms with Crippen LogP contribution in [0.1, 0.15) is 48.5 Å². The van der Waals surface area contributed by atoms with Crippen LogP contribution in [-0.4, -0.2) is 22.4 Å². The number of benzene rings is 1. The summed E-state index contributed by atoms with van der Waals surface area (Å²) in [6, 6.07) is 7.42. The van der Waals surface area contributed by atoms with E-state index in [-0.39, 0.29) is 11.5 Å². The Balaban J connectivity index is 2.08. The van der Waals surface area contributed by atoms with E-state index in [1.807, 2.05) is 50.3 Å². The maximum absolute atomic E-state index is 13.0. The van der Waals surface area contributed by atoms with E-state index in [0.29, 0.717) is 18.0 Å². The van der Waals surface area contributed by atoms with Crippen LogP contribution in [0.15, 0.2) is 65.6 Å². The van der Waals surface area contributed by atoms with E-state index in [2.05, 4.69) is 6.58 Å². The lowest BCUT2D eigenvalue weighted by molar-refractivity contribution is 0.0840. The first-order chi connectivity index (χ1) is 13.0. The number of carbonyl (C=O) groups is 1. The minimum atomic E-state index is -0.0743. The normalized spacial score (nSPS) is 14.7. The number of aryl methyl sites for hydroxylation is 1. The van der Waals surface area contributed by atoms with Gasteiger partial charge in [-0.2, -0.15) is 0 Å². The van der Waals surface area contributed by atoms with Crippen LogP contribution in [0.3, 0.4) is 0 Å². The molecule has 0 radical (unpaired) electrons. The van der Waals surface area contributed by atoms with Gasteiger partial charge in [0, 0.05) is 36.3 Å². The number of aromatic nitrogens is 1. The molecule has 0 atom stereocenters. The van der Waals surface area contributed by atoms with Crippen LogP contribution in [0.4, 0.5) is 0 Å². The van der Waals surface area contributed by atoms with Crippen LogP contribution in [-0.2, 0) is 6.54 Å². The molecule has 140 valence electrons. The zero-order valence-electron chi connectivity index (χ0n) is 16.2. The van der Waals surface area contributed by atoms with Crippen molar-refractivity contribution in [3.63, 3.8) is 0 Å². The SMILES string of the molecule is C=C/C=C\C(=C/C)N(C)C(=O)c1ccc2c(c1)c(C1CC1)cc(=O)n2CC. The van der Waals surface area contributed by atoms with Crippen molar-refractivity contribution in [3.8, 4) is 0 Å². The number of hydrogen-bond donors (Lipinski definition) is 0. The highest BCUT2D eigenvalue weighted by Gasteiger charge is 2.27. The monoisotopic (exact) mass is 362 g/mol. The average Bonchev–Trinajstić information content (AvgIpc) is 3.52. The molecule has 1 amide bonds. The highest BCUT2D eigenvalue weighted by molar-refractivity contribution is 5.99. The lowest BCUT2D eigenvalue weighted by Crippen LogP contribution is -2.25. The predicted molar refractivity (Wildman–Crippen MR) is 111 cm³/mol. The Morgan fingerprint density at radius 1 is 1.33 bits per heavy atom. The fraction of sp³-hybridized carbons (Fsp3) is 0.304. The lowest BCUT2D eigenvalue weighted by Gasteiger charge is -2.19. The van der Waals surface area contributed by atoms with Crippen LogP contribution >= 0.6 is 0 Å². The molecule has 27 heavy (non-hydrogen) atoms. The summed E-state index contributed by atoms with van der Waals surface area (Å²) in [5, 5.41) is 1.02. The second-order valence-corrected chi connectivity index (χ2v) is 6.86. The molecule has 1 aliphatic rings. The first-order valence-electron chi connectivity index (χ1n) is 9.42. The largest absolute Gasteiger partial charge is 0.312 e. The lowest BCUT2D eigenvalue weighted by atomic mass is 10.0. The van der Waals surface area contributed by atoms with Gasteiger partial charge >= 0.3 is 0 Å². The van der Waals surface area contributed by atoms with Crippen molar-refractivity contribution in [2.75, 3.05) is 7.05 Å². The molecule has 4 nitrogen and oxygen atoms in total. The first kappa shape index (κ1) is 18.9. The van der Waals surface area contributed by atoms with E-state index in [0.717, 1.165) is 35.0 Å². The van der Waals surface area contributed by atoms with Crippen LogP contribution in [0.5, 0.6) is 0 Å². The topological polar surface area (TPSA) is 42.3 Å². The number of likely N-dealkylation sites (N-methyl/N-ethyl adjacent to an activating group) is 1. The Hall–Kier alpha value is -2.88. The van der Waals surface area contributed by atoms with E-state index < -0.39 is 0 Å². The average molecular weight is 362 g/mol. The van der Waals surface area contributed by atoms with Crippen LogP contribution < -0.4 is 5.56 Å². The first-order valence-corrected chi connectivity index (χ1v) is 9.42. The van der Waals surface area contributed by atoms with Gasteiger partial charge in [0.05, 0.1) is 5.52 Å². The van der Waals surface area contributed by atoms with Crippen molar-refractivity contribution < 1.29 is 4.79 Å². The Morgan fingerprint density at radius 2 is 2.07 bits per heavy atom. The number of pyridine rings is 1. The van der Waals surface area contributed by atoms with Crippen LogP contribution in [0.2, 0.25) is 0 Å². The van der Waals surface area contributed by atoms with Crippen LogP contribution in [0.25, 0.3) is 10.9 Å². The molecule has 0 N–H and O–H groups in total. The molecule has 0 aliphatic heterocycles. The number of fused-ring (bicyclic) bond motifs is 1. The number of hydrogen-bond acceptors (Lipinski definition) is 2. The van der Waals surface area contributed by atoms with Gasteiger partial charge in [0.25, 0.3) is 11.5 Å². The molecule has 0 unspecified atom stereocenters. The zero-order valence-corrected chi connectivity index (χ0v) is 16.2. The Labute approximate surface area is 160 Å². The number of rotatable bonds is 6. The van der Waals surface area contributed by atoms with Gasteiger partial charge in [-0.3, -0.25) is 9.59 Å². The summed E-state index contributed by atoms with van der Waals surface area (Å²) >= 11 is 0. The van der Waals surface area contributed by atoms with Gasteiger partial charge in [-0.15, -0.1) is 0 Å². The molecule has 1 aliphatic carbocycles.